The summed E-state index contributed by atoms with van der Waals surface area (Å²) in [7, 11) is 1.46. The zero-order valence-electron chi connectivity index (χ0n) is 13.6. The van der Waals surface area contributed by atoms with Gasteiger partial charge >= 0.3 is 0 Å². The van der Waals surface area contributed by atoms with Crippen molar-refractivity contribution in [1.82, 2.24) is 19.9 Å². The standard InChI is InChI=1S/C17H15N5O3/c1-11-17(24)22(16(21-20-11)13-5-7-18-8-6-13)19-10-12-3-4-14(23)15(9-12)25-2/h3-10,23H,1-2H3/b19-10-. The maximum Gasteiger partial charge on any atom is 0.296 e. The number of ether oxygens (including phenoxy) is 1. The van der Waals surface area contributed by atoms with Crippen LogP contribution in [0.25, 0.3) is 11.4 Å². The van der Waals surface area contributed by atoms with Gasteiger partial charge in [-0.3, -0.25) is 9.78 Å². The Bertz CT molecular complexity index is 983. The van der Waals surface area contributed by atoms with E-state index in [9.17, 15) is 9.90 Å². The van der Waals surface area contributed by atoms with Crippen LogP contribution in [0.3, 0.4) is 0 Å². The molecular weight excluding hydrogens is 322 g/mol. The van der Waals surface area contributed by atoms with E-state index in [-0.39, 0.29) is 17.0 Å². The third-order valence-electron chi connectivity index (χ3n) is 3.46. The van der Waals surface area contributed by atoms with Crippen molar-refractivity contribution < 1.29 is 9.84 Å². The first-order chi connectivity index (χ1) is 12.1. The summed E-state index contributed by atoms with van der Waals surface area (Å²) in [4.78, 5) is 16.4. The lowest BCUT2D eigenvalue weighted by Gasteiger charge is -2.07. The number of aromatic nitrogens is 4. The molecule has 0 aliphatic heterocycles. The summed E-state index contributed by atoms with van der Waals surface area (Å²) >= 11 is 0. The highest BCUT2D eigenvalue weighted by molar-refractivity contribution is 5.81. The third kappa shape index (κ3) is 3.37. The number of phenolic OH excluding ortho intramolecular Hbond substituents is 1. The fraction of sp³-hybridized carbons (Fsp3) is 0.118. The molecule has 0 bridgehead atoms. The number of nitrogens with zero attached hydrogens (tertiary/aromatic N) is 5. The molecule has 25 heavy (non-hydrogen) atoms. The van der Waals surface area contributed by atoms with Crippen LogP contribution in [-0.4, -0.2) is 38.3 Å². The number of methoxy groups -OCH3 is 1. The van der Waals surface area contributed by atoms with Crippen LogP contribution in [0, 0.1) is 6.92 Å². The molecule has 1 aromatic carbocycles. The molecule has 2 aromatic heterocycles. The van der Waals surface area contributed by atoms with Crippen molar-refractivity contribution in [2.45, 2.75) is 6.92 Å². The minimum absolute atomic E-state index is 0.0238. The van der Waals surface area contributed by atoms with Crippen molar-refractivity contribution in [3.8, 4) is 22.9 Å². The normalized spacial score (nSPS) is 11.0. The van der Waals surface area contributed by atoms with Gasteiger partial charge in [-0.25, -0.2) is 0 Å². The zero-order valence-corrected chi connectivity index (χ0v) is 13.6. The van der Waals surface area contributed by atoms with Crippen LogP contribution in [-0.2, 0) is 0 Å². The molecule has 0 unspecified atom stereocenters. The van der Waals surface area contributed by atoms with Crippen molar-refractivity contribution >= 4 is 6.21 Å². The monoisotopic (exact) mass is 337 g/mol. The van der Waals surface area contributed by atoms with E-state index in [1.54, 1.807) is 43.6 Å². The largest absolute Gasteiger partial charge is 0.504 e. The van der Waals surface area contributed by atoms with Crippen LogP contribution in [0.15, 0.2) is 52.6 Å². The summed E-state index contributed by atoms with van der Waals surface area (Å²) in [6.07, 6.45) is 4.68. The average molecular weight is 337 g/mol. The predicted molar refractivity (Wildman–Crippen MR) is 91.9 cm³/mol. The van der Waals surface area contributed by atoms with Gasteiger partial charge in [-0.15, -0.1) is 10.2 Å². The van der Waals surface area contributed by atoms with Crippen LogP contribution in [0.4, 0.5) is 0 Å². The maximum absolute atomic E-state index is 12.4. The molecule has 2 heterocycles. The number of aromatic hydroxyl groups is 1. The van der Waals surface area contributed by atoms with Gasteiger partial charge in [0.05, 0.1) is 13.3 Å². The lowest BCUT2D eigenvalue weighted by molar-refractivity contribution is 0.373. The van der Waals surface area contributed by atoms with Gasteiger partial charge in [0.1, 0.15) is 5.69 Å². The molecule has 0 fully saturated rings. The van der Waals surface area contributed by atoms with Gasteiger partial charge in [0.15, 0.2) is 17.3 Å². The Hall–Kier alpha value is -3.55. The second kappa shape index (κ2) is 6.91. The second-order valence-electron chi connectivity index (χ2n) is 5.14. The summed E-state index contributed by atoms with van der Waals surface area (Å²) < 4.78 is 6.24. The SMILES string of the molecule is COc1cc(/C=N\n2c(-c3ccncc3)nnc(C)c2=O)ccc1O. The molecule has 3 rings (SSSR count). The number of hydrogen-bond donors (Lipinski definition) is 1. The Morgan fingerprint density at radius 2 is 1.96 bits per heavy atom. The smallest absolute Gasteiger partial charge is 0.296 e. The van der Waals surface area contributed by atoms with Gasteiger partial charge in [0.2, 0.25) is 0 Å². The highest BCUT2D eigenvalue weighted by Gasteiger charge is 2.11. The number of hydrogen-bond acceptors (Lipinski definition) is 7. The molecule has 126 valence electrons. The Labute approximate surface area is 143 Å². The molecule has 3 aromatic rings. The fourth-order valence-corrected chi connectivity index (χ4v) is 2.14. The summed E-state index contributed by atoms with van der Waals surface area (Å²) in [6, 6.07) is 8.18. The van der Waals surface area contributed by atoms with Gasteiger partial charge in [0.25, 0.3) is 5.56 Å². The molecule has 0 aliphatic carbocycles. The van der Waals surface area contributed by atoms with Crippen LogP contribution < -0.4 is 10.3 Å². The van der Waals surface area contributed by atoms with E-state index in [4.69, 9.17) is 4.74 Å². The molecule has 8 nitrogen and oxygen atoms in total. The van der Waals surface area contributed by atoms with E-state index >= 15 is 0 Å². The zero-order chi connectivity index (χ0) is 17.8. The summed E-state index contributed by atoms with van der Waals surface area (Å²) in [5.41, 5.74) is 1.18. The van der Waals surface area contributed by atoms with E-state index in [0.717, 1.165) is 0 Å². The van der Waals surface area contributed by atoms with Crippen LogP contribution in [0.5, 0.6) is 11.5 Å². The second-order valence-corrected chi connectivity index (χ2v) is 5.14. The van der Waals surface area contributed by atoms with Crippen molar-refractivity contribution in [2.75, 3.05) is 7.11 Å². The van der Waals surface area contributed by atoms with Gasteiger partial charge in [-0.05, 0) is 42.8 Å². The molecule has 0 aliphatic rings. The number of aryl methyl sites for hydroxylation is 1. The Morgan fingerprint density at radius 3 is 2.68 bits per heavy atom. The van der Waals surface area contributed by atoms with E-state index < -0.39 is 0 Å². The van der Waals surface area contributed by atoms with E-state index in [1.807, 2.05) is 0 Å². The molecule has 1 N–H and O–H groups in total. The molecule has 8 heteroatoms. The Balaban J connectivity index is 2.08. The van der Waals surface area contributed by atoms with Crippen LogP contribution >= 0.6 is 0 Å². The van der Waals surface area contributed by atoms with Crippen LogP contribution in [0.2, 0.25) is 0 Å². The number of pyridine rings is 1. The summed E-state index contributed by atoms with van der Waals surface area (Å²) in [6.45, 7) is 1.57. The lowest BCUT2D eigenvalue weighted by Crippen LogP contribution is -2.24. The van der Waals surface area contributed by atoms with Gasteiger partial charge in [-0.1, -0.05) is 0 Å². The molecule has 0 atom stereocenters. The lowest BCUT2D eigenvalue weighted by atomic mass is 10.2. The quantitative estimate of drug-likeness (QED) is 0.726. The predicted octanol–water partition coefficient (Wildman–Crippen LogP) is 1.61. The first-order valence-corrected chi connectivity index (χ1v) is 7.38. The minimum Gasteiger partial charge on any atom is -0.504 e. The molecule has 0 amide bonds. The van der Waals surface area contributed by atoms with Gasteiger partial charge in [-0.2, -0.15) is 9.78 Å². The molecule has 0 radical (unpaired) electrons. The van der Waals surface area contributed by atoms with E-state index in [1.165, 1.54) is 24.1 Å². The summed E-state index contributed by atoms with van der Waals surface area (Å²) in [5, 5.41) is 21.8. The Kier molecular flexibility index (Phi) is 4.51. The first-order valence-electron chi connectivity index (χ1n) is 7.38. The minimum atomic E-state index is -0.371. The molecule has 0 saturated carbocycles. The average Bonchev–Trinajstić information content (AvgIpc) is 2.64. The molecular formula is C17H15N5O3. The van der Waals surface area contributed by atoms with Crippen molar-refractivity contribution in [1.29, 1.82) is 0 Å². The van der Waals surface area contributed by atoms with Crippen molar-refractivity contribution in [2.24, 2.45) is 5.10 Å². The third-order valence-corrected chi connectivity index (χ3v) is 3.46. The van der Waals surface area contributed by atoms with Gasteiger partial charge in [0, 0.05) is 18.0 Å². The fourth-order valence-electron chi connectivity index (χ4n) is 2.14. The van der Waals surface area contributed by atoms with Crippen molar-refractivity contribution in [3.05, 3.63) is 64.3 Å². The molecule has 0 spiro atoms. The topological polar surface area (TPSA) is 102 Å². The summed E-state index contributed by atoms with van der Waals surface area (Å²) in [5.74, 6) is 0.644. The number of benzene rings is 1. The highest BCUT2D eigenvalue weighted by Crippen LogP contribution is 2.25. The van der Waals surface area contributed by atoms with Gasteiger partial charge < -0.3 is 9.84 Å². The first kappa shape index (κ1) is 16.3. The van der Waals surface area contributed by atoms with Crippen LogP contribution in [0.1, 0.15) is 11.3 Å². The molecule has 0 saturated heterocycles. The maximum atomic E-state index is 12.4. The van der Waals surface area contributed by atoms with E-state index in [2.05, 4.69) is 20.3 Å². The number of rotatable bonds is 4. The Morgan fingerprint density at radius 1 is 1.20 bits per heavy atom. The number of phenols is 1. The van der Waals surface area contributed by atoms with E-state index in [0.29, 0.717) is 22.7 Å². The highest BCUT2D eigenvalue weighted by atomic mass is 16.5. The van der Waals surface area contributed by atoms with Crippen molar-refractivity contribution in [3.63, 3.8) is 0 Å².